The number of nitrogens with zero attached hydrogens (tertiary/aromatic N) is 1. The van der Waals surface area contributed by atoms with E-state index in [0.29, 0.717) is 5.69 Å². The summed E-state index contributed by atoms with van der Waals surface area (Å²) in [5, 5.41) is 5.36. The van der Waals surface area contributed by atoms with Gasteiger partial charge >= 0.3 is 0 Å². The lowest BCUT2D eigenvalue weighted by molar-refractivity contribution is 0.597. The van der Waals surface area contributed by atoms with Gasteiger partial charge in [-0.05, 0) is 31.0 Å². The highest BCUT2D eigenvalue weighted by molar-refractivity contribution is 7.89. The van der Waals surface area contributed by atoms with Gasteiger partial charge in [0.1, 0.15) is 4.90 Å². The first-order chi connectivity index (χ1) is 8.27. The van der Waals surface area contributed by atoms with Gasteiger partial charge < -0.3 is 4.90 Å². The van der Waals surface area contributed by atoms with Gasteiger partial charge in [-0.2, -0.15) is 0 Å². The fraction of sp³-hybridized carbons (Fsp3) is 0.500. The molecule has 0 amide bonds. The summed E-state index contributed by atoms with van der Waals surface area (Å²) in [6.45, 7) is 4.74. The Kier molecular flexibility index (Phi) is 5.01. The van der Waals surface area contributed by atoms with E-state index in [2.05, 4.69) is 6.92 Å². The van der Waals surface area contributed by atoms with Crippen LogP contribution in [0.2, 0.25) is 5.02 Å². The molecule has 4 nitrogen and oxygen atoms in total. The van der Waals surface area contributed by atoms with Crippen LogP contribution < -0.4 is 10.0 Å². The smallest absolute Gasteiger partial charge is 0.239 e. The van der Waals surface area contributed by atoms with Crippen LogP contribution in [0.4, 0.5) is 5.69 Å². The maximum atomic E-state index is 11.5. The molecule has 0 bridgehead atoms. The molecule has 0 spiro atoms. The Labute approximate surface area is 114 Å². The summed E-state index contributed by atoms with van der Waals surface area (Å²) in [5.74, 6) is 0. The van der Waals surface area contributed by atoms with E-state index in [1.54, 1.807) is 0 Å². The molecule has 0 aliphatic carbocycles. The summed E-state index contributed by atoms with van der Waals surface area (Å²) in [6.07, 6.45) is 2.08. The van der Waals surface area contributed by atoms with Gasteiger partial charge in [-0.15, -0.1) is 0 Å². The number of rotatable bonds is 5. The number of anilines is 1. The second kappa shape index (κ2) is 5.91. The first-order valence-corrected chi connectivity index (χ1v) is 7.74. The van der Waals surface area contributed by atoms with Gasteiger partial charge in [0.2, 0.25) is 10.0 Å². The maximum absolute atomic E-state index is 11.5. The number of hydrogen-bond donors (Lipinski definition) is 1. The fourth-order valence-electron chi connectivity index (χ4n) is 1.72. The Morgan fingerprint density at radius 3 is 2.50 bits per heavy atom. The van der Waals surface area contributed by atoms with Gasteiger partial charge in [0.25, 0.3) is 0 Å². The predicted octanol–water partition coefficient (Wildman–Crippen LogP) is 2.53. The molecule has 0 atom stereocenters. The van der Waals surface area contributed by atoms with Crippen molar-refractivity contribution >= 4 is 27.3 Å². The van der Waals surface area contributed by atoms with Gasteiger partial charge in [-0.25, -0.2) is 13.6 Å². The lowest BCUT2D eigenvalue weighted by Crippen LogP contribution is -2.20. The van der Waals surface area contributed by atoms with Gasteiger partial charge in [-0.1, -0.05) is 24.9 Å². The Morgan fingerprint density at radius 2 is 2.00 bits per heavy atom. The zero-order valence-corrected chi connectivity index (χ0v) is 12.5. The molecular formula is C12H19ClN2O2S. The lowest BCUT2D eigenvalue weighted by atomic mass is 10.2. The minimum atomic E-state index is -3.79. The number of nitrogens with two attached hydrogens (primary N) is 1. The van der Waals surface area contributed by atoms with Crippen LogP contribution in [0.3, 0.4) is 0 Å². The summed E-state index contributed by atoms with van der Waals surface area (Å²) in [6, 6.07) is 3.36. The average molecular weight is 291 g/mol. The number of aryl methyl sites for hydroxylation is 1. The second-order valence-corrected chi connectivity index (χ2v) is 6.32. The zero-order chi connectivity index (χ0) is 13.9. The molecule has 6 heteroatoms. The first kappa shape index (κ1) is 15.3. The van der Waals surface area contributed by atoms with E-state index in [-0.39, 0.29) is 9.92 Å². The van der Waals surface area contributed by atoms with Crippen molar-refractivity contribution in [3.8, 4) is 0 Å². The summed E-state index contributed by atoms with van der Waals surface area (Å²) >= 11 is 6.14. The predicted molar refractivity (Wildman–Crippen MR) is 75.7 cm³/mol. The minimum absolute atomic E-state index is 0.0116. The first-order valence-electron chi connectivity index (χ1n) is 5.81. The average Bonchev–Trinajstić information content (AvgIpc) is 2.27. The molecule has 0 radical (unpaired) electrons. The summed E-state index contributed by atoms with van der Waals surface area (Å²) in [4.78, 5) is 1.94. The van der Waals surface area contributed by atoms with Crippen molar-refractivity contribution in [1.82, 2.24) is 0 Å². The van der Waals surface area contributed by atoms with Gasteiger partial charge in [0, 0.05) is 13.6 Å². The molecule has 0 aromatic heterocycles. The van der Waals surface area contributed by atoms with Crippen LogP contribution in [0, 0.1) is 6.92 Å². The number of halogens is 1. The molecule has 0 unspecified atom stereocenters. The van der Waals surface area contributed by atoms with Crippen molar-refractivity contribution in [2.45, 2.75) is 31.6 Å². The number of primary sulfonamides is 1. The summed E-state index contributed by atoms with van der Waals surface area (Å²) < 4.78 is 22.9. The van der Waals surface area contributed by atoms with E-state index in [9.17, 15) is 8.42 Å². The highest BCUT2D eigenvalue weighted by Crippen LogP contribution is 2.32. The molecule has 1 rings (SSSR count). The Hall–Kier alpha value is -0.780. The van der Waals surface area contributed by atoms with Crippen molar-refractivity contribution in [3.05, 3.63) is 22.7 Å². The third-order valence-electron chi connectivity index (χ3n) is 2.73. The standard InChI is InChI=1S/C12H19ClN2O2S/c1-4-5-6-15(3)10-7-9(2)8-11(12(10)13)18(14,16)17/h7-8H,4-6H2,1-3H3,(H2,14,16,17). The van der Waals surface area contributed by atoms with Gasteiger partial charge in [0.05, 0.1) is 10.7 Å². The van der Waals surface area contributed by atoms with Gasteiger partial charge in [-0.3, -0.25) is 0 Å². The van der Waals surface area contributed by atoms with Crippen LogP contribution in [-0.4, -0.2) is 22.0 Å². The van der Waals surface area contributed by atoms with Crippen LogP contribution in [0.25, 0.3) is 0 Å². The van der Waals surface area contributed by atoms with E-state index in [1.807, 2.05) is 24.9 Å². The van der Waals surface area contributed by atoms with Crippen molar-refractivity contribution < 1.29 is 8.42 Å². The van der Waals surface area contributed by atoms with Crippen molar-refractivity contribution in [2.75, 3.05) is 18.5 Å². The van der Waals surface area contributed by atoms with Crippen LogP contribution in [-0.2, 0) is 10.0 Å². The van der Waals surface area contributed by atoms with E-state index >= 15 is 0 Å². The van der Waals surface area contributed by atoms with Gasteiger partial charge in [0.15, 0.2) is 0 Å². The Morgan fingerprint density at radius 1 is 1.39 bits per heavy atom. The third-order valence-corrected chi connectivity index (χ3v) is 4.17. The molecule has 0 fully saturated rings. The van der Waals surface area contributed by atoms with E-state index < -0.39 is 10.0 Å². The van der Waals surface area contributed by atoms with E-state index in [4.69, 9.17) is 16.7 Å². The van der Waals surface area contributed by atoms with Crippen LogP contribution >= 0.6 is 11.6 Å². The molecular weight excluding hydrogens is 272 g/mol. The highest BCUT2D eigenvalue weighted by Gasteiger charge is 2.18. The Balaban J connectivity index is 3.25. The highest BCUT2D eigenvalue weighted by atomic mass is 35.5. The summed E-state index contributed by atoms with van der Waals surface area (Å²) in [5.41, 5.74) is 1.52. The van der Waals surface area contributed by atoms with Crippen molar-refractivity contribution in [2.24, 2.45) is 5.14 Å². The molecule has 0 aliphatic rings. The van der Waals surface area contributed by atoms with Crippen molar-refractivity contribution in [1.29, 1.82) is 0 Å². The largest absolute Gasteiger partial charge is 0.373 e. The molecule has 2 N–H and O–H groups in total. The van der Waals surface area contributed by atoms with E-state index in [1.165, 1.54) is 6.07 Å². The fourth-order valence-corrected chi connectivity index (χ4v) is 3.00. The molecule has 0 heterocycles. The van der Waals surface area contributed by atoms with Crippen LogP contribution in [0.5, 0.6) is 0 Å². The monoisotopic (exact) mass is 290 g/mol. The number of benzene rings is 1. The SMILES string of the molecule is CCCCN(C)c1cc(C)cc(S(N)(=O)=O)c1Cl. The number of unbranched alkanes of at least 4 members (excludes halogenated alkanes) is 1. The third kappa shape index (κ3) is 3.60. The number of hydrogen-bond acceptors (Lipinski definition) is 3. The molecule has 0 saturated carbocycles. The van der Waals surface area contributed by atoms with Crippen molar-refractivity contribution in [3.63, 3.8) is 0 Å². The quantitative estimate of drug-likeness (QED) is 0.906. The lowest BCUT2D eigenvalue weighted by Gasteiger charge is -2.22. The molecule has 0 saturated heterocycles. The molecule has 0 aliphatic heterocycles. The molecule has 1 aromatic carbocycles. The topological polar surface area (TPSA) is 63.4 Å². The van der Waals surface area contributed by atoms with Crippen LogP contribution in [0.15, 0.2) is 17.0 Å². The Bertz CT molecular complexity index is 529. The minimum Gasteiger partial charge on any atom is -0.373 e. The molecule has 18 heavy (non-hydrogen) atoms. The molecule has 102 valence electrons. The van der Waals surface area contributed by atoms with E-state index in [0.717, 1.165) is 24.9 Å². The summed E-state index contributed by atoms with van der Waals surface area (Å²) in [7, 11) is -1.90. The maximum Gasteiger partial charge on any atom is 0.239 e. The zero-order valence-electron chi connectivity index (χ0n) is 10.9. The normalized spacial score (nSPS) is 11.6. The second-order valence-electron chi connectivity index (χ2n) is 4.42. The number of sulfonamides is 1. The molecule has 1 aromatic rings. The van der Waals surface area contributed by atoms with Crippen LogP contribution in [0.1, 0.15) is 25.3 Å².